The number of benzene rings is 4. The van der Waals surface area contributed by atoms with E-state index < -0.39 is 7.12 Å². The summed E-state index contributed by atoms with van der Waals surface area (Å²) in [6.07, 6.45) is 49.4. The molecule has 16 heteroatoms. The van der Waals surface area contributed by atoms with Gasteiger partial charge in [-0.1, -0.05) is 176 Å². The summed E-state index contributed by atoms with van der Waals surface area (Å²) >= 11 is 11.2. The summed E-state index contributed by atoms with van der Waals surface area (Å²) in [6, 6.07) is 40.9. The second-order valence-corrected chi connectivity index (χ2v) is 36.8. The van der Waals surface area contributed by atoms with Gasteiger partial charge in [0.2, 0.25) is 0 Å². The smallest absolute Gasteiger partial charge is 0.488 e. The van der Waals surface area contributed by atoms with E-state index in [0.717, 1.165) is 89.5 Å². The van der Waals surface area contributed by atoms with Crippen LogP contribution >= 0.6 is 61.3 Å². The molecule has 3 atom stereocenters. The number of halogens is 1. The van der Waals surface area contributed by atoms with Crippen molar-refractivity contribution in [3.63, 3.8) is 0 Å². The molecule has 8 aromatic rings. The first-order valence-corrected chi connectivity index (χ1v) is 47.2. The summed E-state index contributed by atoms with van der Waals surface area (Å²) in [7, 11) is -1.43. The fourth-order valence-corrected chi connectivity index (χ4v) is 19.2. The normalized spacial score (nSPS) is 15.8. The van der Waals surface area contributed by atoms with Crippen molar-refractivity contribution in [2.75, 3.05) is 33.0 Å². The first kappa shape index (κ1) is 96.0. The van der Waals surface area contributed by atoms with Crippen molar-refractivity contribution < 1.29 is 48.3 Å². The van der Waals surface area contributed by atoms with Crippen LogP contribution in [0, 0.1) is 27.7 Å². The Morgan fingerprint density at radius 2 is 0.634 bits per heavy atom. The highest BCUT2D eigenvalue weighted by molar-refractivity contribution is 9.11. The number of hydrogen-bond donors (Lipinski definition) is 3. The Balaban J connectivity index is 0.000000218. The van der Waals surface area contributed by atoms with Crippen LogP contribution in [0.15, 0.2) is 125 Å². The third-order valence-corrected chi connectivity index (χ3v) is 25.8. The largest absolute Gasteiger partial charge is 0.508 e. The predicted molar refractivity (Wildman–Crippen MR) is 486 cm³/mol. The van der Waals surface area contributed by atoms with Gasteiger partial charge in [-0.25, -0.2) is 0 Å². The van der Waals surface area contributed by atoms with Crippen molar-refractivity contribution in [1.29, 1.82) is 0 Å². The van der Waals surface area contributed by atoms with Gasteiger partial charge in [0.1, 0.15) is 23.0 Å². The molecule has 4 aromatic carbocycles. The second kappa shape index (κ2) is 58.1. The third kappa shape index (κ3) is 38.5. The highest BCUT2D eigenvalue weighted by atomic mass is 79.9. The number of ether oxygens (including phenoxy) is 7. The second-order valence-electron chi connectivity index (χ2n) is 30.5. The van der Waals surface area contributed by atoms with E-state index >= 15 is 0 Å². The van der Waals surface area contributed by atoms with Gasteiger partial charge >= 0.3 is 7.12 Å². The lowest BCUT2D eigenvalue weighted by atomic mass is 9.80. The number of phenolic OH excluding ortho intramolecular Hbond substituents is 1. The summed E-state index contributed by atoms with van der Waals surface area (Å²) in [4.78, 5) is 9.84. The number of rotatable bonds is 38. The number of hydrogen-bond acceptors (Lipinski definition) is 14. The van der Waals surface area contributed by atoms with Crippen LogP contribution in [0.1, 0.15) is 302 Å². The van der Waals surface area contributed by atoms with Gasteiger partial charge in [0.05, 0.1) is 23.6 Å². The van der Waals surface area contributed by atoms with Gasteiger partial charge in [0, 0.05) is 66.6 Å². The van der Waals surface area contributed by atoms with E-state index in [1.807, 2.05) is 57.5 Å². The fourth-order valence-electron chi connectivity index (χ4n) is 14.2. The minimum atomic E-state index is -1.43. The van der Waals surface area contributed by atoms with E-state index in [4.69, 9.17) is 43.2 Å². The van der Waals surface area contributed by atoms with Crippen molar-refractivity contribution in [3.05, 3.63) is 167 Å². The summed E-state index contributed by atoms with van der Waals surface area (Å²) in [5.41, 5.74) is 10.3. The molecule has 0 saturated carbocycles. The molecule has 0 radical (unpaired) electrons. The topological polar surface area (TPSA) is 125 Å². The number of aromatic hydroxyl groups is 1. The summed E-state index contributed by atoms with van der Waals surface area (Å²) in [5, 5.41) is 27.3. The van der Waals surface area contributed by atoms with Crippen LogP contribution in [0.5, 0.6) is 23.0 Å². The van der Waals surface area contributed by atoms with Gasteiger partial charge in [-0.05, 0) is 300 Å². The average molecular weight is 1680 g/mol. The fraction of sp³-hybridized carbons (Fsp3) is 0.583. The van der Waals surface area contributed by atoms with Crippen LogP contribution in [0.2, 0.25) is 0 Å². The zero-order valence-corrected chi connectivity index (χ0v) is 74.0. The lowest BCUT2D eigenvalue weighted by Crippen LogP contribution is -2.29. The summed E-state index contributed by atoms with van der Waals surface area (Å²) in [6.45, 7) is 22.3. The Bertz CT molecular complexity index is 3510. The van der Waals surface area contributed by atoms with Crippen molar-refractivity contribution in [2.24, 2.45) is 0 Å². The minimum absolute atomic E-state index is 0. The quantitative estimate of drug-likeness (QED) is 0.0254. The molecule has 8 heterocycles. The van der Waals surface area contributed by atoms with Crippen molar-refractivity contribution >= 4 is 73.9 Å². The molecule has 4 fully saturated rings. The maximum atomic E-state index is 9.43. The van der Waals surface area contributed by atoms with Gasteiger partial charge in [-0.2, -0.15) is 0 Å². The minimum Gasteiger partial charge on any atom is -0.508 e. The Morgan fingerprint density at radius 1 is 0.357 bits per heavy atom. The lowest BCUT2D eigenvalue weighted by Gasteiger charge is -2.23. The Morgan fingerprint density at radius 3 is 0.911 bits per heavy atom. The monoisotopic (exact) mass is 1670 g/mol. The first-order chi connectivity index (χ1) is 54.2. The van der Waals surface area contributed by atoms with Crippen LogP contribution in [0.4, 0.5) is 0 Å². The zero-order chi connectivity index (χ0) is 78.9. The highest BCUT2D eigenvalue weighted by Crippen LogP contribution is 2.39. The van der Waals surface area contributed by atoms with Crippen LogP contribution in [0.3, 0.4) is 0 Å². The number of thiophene rings is 4. The first-order valence-electron chi connectivity index (χ1n) is 43.1. The summed E-state index contributed by atoms with van der Waals surface area (Å²) in [5.74, 6) is 2.86. The Kier molecular flexibility index (Phi) is 49.8. The van der Waals surface area contributed by atoms with Gasteiger partial charge in [-0.3, -0.25) is 0 Å². The Labute approximate surface area is 703 Å². The van der Waals surface area contributed by atoms with E-state index in [1.165, 1.54) is 282 Å². The zero-order valence-electron chi connectivity index (χ0n) is 69.2. The number of aryl methyl sites for hydroxylation is 8. The van der Waals surface area contributed by atoms with Crippen LogP contribution < -0.4 is 19.7 Å². The van der Waals surface area contributed by atoms with Crippen molar-refractivity contribution in [2.45, 2.75) is 332 Å². The van der Waals surface area contributed by atoms with Gasteiger partial charge in [-0.15, -0.1) is 45.3 Å². The molecular formula is C96H142BBrO10S4. The molecule has 0 spiro atoms. The van der Waals surface area contributed by atoms with E-state index in [1.54, 1.807) is 36.4 Å². The van der Waals surface area contributed by atoms with Gasteiger partial charge < -0.3 is 48.3 Å². The molecular weight excluding hydrogens is 1530 g/mol. The third-order valence-electron chi connectivity index (χ3n) is 20.5. The Hall–Kier alpha value is -4.82. The van der Waals surface area contributed by atoms with Gasteiger partial charge in [0.25, 0.3) is 0 Å². The molecule has 3 unspecified atom stereocenters. The molecule has 112 heavy (non-hydrogen) atoms. The molecule has 3 N–H and O–H groups in total. The maximum Gasteiger partial charge on any atom is 0.488 e. The van der Waals surface area contributed by atoms with Crippen LogP contribution in [-0.4, -0.2) is 74.2 Å². The van der Waals surface area contributed by atoms with E-state index in [9.17, 15) is 5.11 Å². The van der Waals surface area contributed by atoms with E-state index in [2.05, 4.69) is 144 Å². The SMILES string of the molecule is C.C1CCOC1.CCCCCCCCc1cc(C)sc1-c1ccc(O)cc1.CCCCCCCCc1cc(C)sc1-c1ccc(OC2CCCCO2)cc1.CCCCCCCCc1cc(C)sc1-c1ccc(OC2CCCCO2)cc1.CCCCCCCCc1cc(C)sc1Br.OB(O)c1ccc(OC2CCCCO2)cc1. The van der Waals surface area contributed by atoms with E-state index in [-0.39, 0.29) is 26.3 Å². The standard InChI is InChI=1S/2C24H34O2S.C19H26OS.C13H21BrS.C11H15BO4.C4H8O.CH4/c2*1-3-4-5-6-7-8-11-21-18-19(2)27-24(21)20-13-15-22(16-14-20)26-23-12-9-10-17-25-23;1-3-4-5-6-7-8-9-17-14-15(2)21-19(17)16-10-12-18(20)13-11-16;1-3-4-5-6-7-8-9-12-10-11(2)15-13(12)14;13-12(14)9-4-6-10(7-5-9)16-11-3-1-2-8-15-11;1-2-4-5-3-1;/h2*13-16,18,23H,3-12,17H2,1-2H3;10-14,20H,3-9H2,1-2H3;10H,3-9H2,1-2H3;4-7,11,13-14H,1-3,8H2;1-4H2;1H4. The van der Waals surface area contributed by atoms with Crippen molar-refractivity contribution in [3.8, 4) is 54.3 Å². The molecule has 0 aliphatic carbocycles. The molecule has 0 amide bonds. The molecule has 10 nitrogen and oxygen atoms in total. The molecule has 4 aliphatic rings. The summed E-state index contributed by atoms with van der Waals surface area (Å²) < 4.78 is 40.6. The maximum absolute atomic E-state index is 9.43. The van der Waals surface area contributed by atoms with Crippen molar-refractivity contribution in [1.82, 2.24) is 0 Å². The highest BCUT2D eigenvalue weighted by Gasteiger charge is 2.20. The molecule has 4 aromatic heterocycles. The molecule has 0 bridgehead atoms. The molecule has 620 valence electrons. The van der Waals surface area contributed by atoms with Crippen LogP contribution in [0.25, 0.3) is 31.3 Å². The van der Waals surface area contributed by atoms with E-state index in [0.29, 0.717) is 17.0 Å². The predicted octanol–water partition coefficient (Wildman–Crippen LogP) is 28.8. The molecule has 4 saturated heterocycles. The van der Waals surface area contributed by atoms with Gasteiger partial charge in [0.15, 0.2) is 18.9 Å². The average Bonchev–Trinajstić information content (AvgIpc) is 1.68. The van der Waals surface area contributed by atoms with Crippen LogP contribution in [-0.2, 0) is 44.6 Å². The molecule has 12 rings (SSSR count). The number of phenols is 1. The lowest BCUT2D eigenvalue weighted by molar-refractivity contribution is -0.106. The number of unbranched alkanes of at least 4 members (excludes halogenated alkanes) is 20. The molecule has 4 aliphatic heterocycles.